The van der Waals surface area contributed by atoms with E-state index in [1.54, 1.807) is 0 Å². The molecule has 23 heavy (non-hydrogen) atoms. The molecule has 0 aliphatic carbocycles. The van der Waals surface area contributed by atoms with Crippen molar-refractivity contribution in [3.63, 3.8) is 0 Å². The van der Waals surface area contributed by atoms with Crippen molar-refractivity contribution in [3.8, 4) is 11.1 Å². The van der Waals surface area contributed by atoms with E-state index in [4.69, 9.17) is 0 Å². The highest BCUT2D eigenvalue weighted by Crippen LogP contribution is 2.23. The van der Waals surface area contributed by atoms with Crippen LogP contribution in [0.3, 0.4) is 0 Å². The van der Waals surface area contributed by atoms with Crippen molar-refractivity contribution in [2.75, 3.05) is 11.9 Å². The number of benzene rings is 1. The SMILES string of the molecule is c1cc(Nc2ccc(-c3cn[nH]c3)cc2)nc(C2CCCN2)n1. The van der Waals surface area contributed by atoms with Gasteiger partial charge >= 0.3 is 0 Å². The zero-order valence-electron chi connectivity index (χ0n) is 12.7. The van der Waals surface area contributed by atoms with E-state index in [0.717, 1.165) is 41.4 Å². The Hall–Kier alpha value is -2.73. The van der Waals surface area contributed by atoms with Crippen LogP contribution < -0.4 is 10.6 Å². The van der Waals surface area contributed by atoms with Gasteiger partial charge in [0.05, 0.1) is 12.2 Å². The van der Waals surface area contributed by atoms with Gasteiger partial charge in [0.25, 0.3) is 0 Å². The van der Waals surface area contributed by atoms with Crippen molar-refractivity contribution >= 4 is 11.5 Å². The summed E-state index contributed by atoms with van der Waals surface area (Å²) in [4.78, 5) is 9.01. The van der Waals surface area contributed by atoms with Gasteiger partial charge in [-0.15, -0.1) is 0 Å². The highest BCUT2D eigenvalue weighted by molar-refractivity contribution is 5.66. The number of hydrogen-bond donors (Lipinski definition) is 3. The first-order valence-electron chi connectivity index (χ1n) is 7.81. The number of nitrogens with zero attached hydrogens (tertiary/aromatic N) is 3. The lowest BCUT2D eigenvalue weighted by atomic mass is 10.1. The van der Waals surface area contributed by atoms with Crippen LogP contribution in [0, 0.1) is 0 Å². The second-order valence-electron chi connectivity index (χ2n) is 5.64. The Kier molecular flexibility index (Phi) is 3.73. The summed E-state index contributed by atoms with van der Waals surface area (Å²) < 4.78 is 0. The standard InChI is InChI=1S/C17H18N6/c1-2-15(18-8-1)17-19-9-7-16(23-17)22-14-5-3-12(4-6-14)13-10-20-21-11-13/h3-7,9-11,15,18H,1-2,8H2,(H,20,21)(H,19,22,23). The Morgan fingerprint density at radius 3 is 2.74 bits per heavy atom. The molecule has 1 aliphatic heterocycles. The van der Waals surface area contributed by atoms with Gasteiger partial charge in [0.2, 0.25) is 0 Å². The first-order valence-corrected chi connectivity index (χ1v) is 7.81. The zero-order chi connectivity index (χ0) is 15.5. The van der Waals surface area contributed by atoms with Crippen LogP contribution in [0.4, 0.5) is 11.5 Å². The number of H-pyrrole nitrogens is 1. The Bertz CT molecular complexity index is 760. The summed E-state index contributed by atoms with van der Waals surface area (Å²) in [6.45, 7) is 1.04. The van der Waals surface area contributed by atoms with Gasteiger partial charge in [-0.05, 0) is 43.1 Å². The van der Waals surface area contributed by atoms with Crippen LogP contribution in [0.15, 0.2) is 48.9 Å². The monoisotopic (exact) mass is 306 g/mol. The summed E-state index contributed by atoms with van der Waals surface area (Å²) in [7, 11) is 0. The lowest BCUT2D eigenvalue weighted by Crippen LogP contribution is -2.16. The minimum atomic E-state index is 0.278. The minimum Gasteiger partial charge on any atom is -0.340 e. The molecule has 0 saturated carbocycles. The fraction of sp³-hybridized carbons (Fsp3) is 0.235. The lowest BCUT2D eigenvalue weighted by Gasteiger charge is -2.11. The third-order valence-corrected chi connectivity index (χ3v) is 4.04. The average molecular weight is 306 g/mol. The van der Waals surface area contributed by atoms with E-state index in [1.165, 1.54) is 6.42 Å². The Balaban J connectivity index is 1.50. The molecule has 6 heteroatoms. The molecule has 3 N–H and O–H groups in total. The molecule has 3 heterocycles. The van der Waals surface area contributed by atoms with Gasteiger partial charge in [-0.1, -0.05) is 12.1 Å². The van der Waals surface area contributed by atoms with Crippen molar-refractivity contribution in [1.29, 1.82) is 0 Å². The summed E-state index contributed by atoms with van der Waals surface area (Å²) in [5.41, 5.74) is 3.21. The fourth-order valence-corrected chi connectivity index (χ4v) is 2.82. The molecule has 1 aliphatic rings. The highest BCUT2D eigenvalue weighted by Gasteiger charge is 2.18. The van der Waals surface area contributed by atoms with E-state index in [-0.39, 0.29) is 6.04 Å². The predicted molar refractivity (Wildman–Crippen MR) is 89.3 cm³/mol. The quantitative estimate of drug-likeness (QED) is 0.690. The Labute approximate surface area is 134 Å². The van der Waals surface area contributed by atoms with E-state index in [9.17, 15) is 0 Å². The molecule has 6 nitrogen and oxygen atoms in total. The van der Waals surface area contributed by atoms with Crippen LogP contribution in [0.5, 0.6) is 0 Å². The van der Waals surface area contributed by atoms with Crippen LogP contribution in [0.1, 0.15) is 24.7 Å². The van der Waals surface area contributed by atoms with Gasteiger partial charge in [-0.3, -0.25) is 5.10 Å². The molecule has 1 saturated heterocycles. The number of aromatic amines is 1. The third-order valence-electron chi connectivity index (χ3n) is 4.04. The number of anilines is 2. The van der Waals surface area contributed by atoms with E-state index < -0.39 is 0 Å². The Morgan fingerprint density at radius 2 is 2.00 bits per heavy atom. The van der Waals surface area contributed by atoms with Crippen LogP contribution in [0.25, 0.3) is 11.1 Å². The molecule has 116 valence electrons. The molecule has 0 spiro atoms. The van der Waals surface area contributed by atoms with Crippen molar-refractivity contribution in [1.82, 2.24) is 25.5 Å². The molecule has 2 aromatic heterocycles. The number of rotatable bonds is 4. The third kappa shape index (κ3) is 3.07. The summed E-state index contributed by atoms with van der Waals surface area (Å²) in [6, 6.07) is 10.4. The summed E-state index contributed by atoms with van der Waals surface area (Å²) in [5, 5.41) is 13.6. The molecule has 1 fully saturated rings. The molecule has 1 unspecified atom stereocenters. The van der Waals surface area contributed by atoms with E-state index in [1.807, 2.05) is 36.8 Å². The molecule has 1 aromatic carbocycles. The summed E-state index contributed by atoms with van der Waals surface area (Å²) >= 11 is 0. The molecule has 3 aromatic rings. The Morgan fingerprint density at radius 1 is 1.09 bits per heavy atom. The molecule has 4 rings (SSSR count). The van der Waals surface area contributed by atoms with Gasteiger partial charge in [-0.2, -0.15) is 5.10 Å². The zero-order valence-corrected chi connectivity index (χ0v) is 12.7. The van der Waals surface area contributed by atoms with Gasteiger partial charge in [0, 0.05) is 23.6 Å². The molecular weight excluding hydrogens is 288 g/mol. The number of aromatic nitrogens is 4. The molecule has 0 amide bonds. The van der Waals surface area contributed by atoms with Gasteiger partial charge in [0.1, 0.15) is 11.6 Å². The molecule has 1 atom stereocenters. The van der Waals surface area contributed by atoms with Crippen LogP contribution in [-0.4, -0.2) is 26.7 Å². The maximum absolute atomic E-state index is 4.62. The second kappa shape index (κ2) is 6.18. The van der Waals surface area contributed by atoms with Crippen molar-refractivity contribution in [2.45, 2.75) is 18.9 Å². The number of hydrogen-bond acceptors (Lipinski definition) is 5. The topological polar surface area (TPSA) is 78.5 Å². The van der Waals surface area contributed by atoms with Crippen LogP contribution >= 0.6 is 0 Å². The maximum Gasteiger partial charge on any atom is 0.147 e. The highest BCUT2D eigenvalue weighted by atomic mass is 15.1. The second-order valence-corrected chi connectivity index (χ2v) is 5.64. The van der Waals surface area contributed by atoms with Crippen molar-refractivity contribution in [3.05, 3.63) is 54.7 Å². The summed E-state index contributed by atoms with van der Waals surface area (Å²) in [5.74, 6) is 1.68. The lowest BCUT2D eigenvalue weighted by molar-refractivity contribution is 0.606. The smallest absolute Gasteiger partial charge is 0.147 e. The van der Waals surface area contributed by atoms with Crippen molar-refractivity contribution in [2.24, 2.45) is 0 Å². The maximum atomic E-state index is 4.62. The molecule has 0 bridgehead atoms. The van der Waals surface area contributed by atoms with Gasteiger partial charge in [-0.25, -0.2) is 9.97 Å². The first-order chi connectivity index (χ1) is 11.4. The molecule has 0 radical (unpaired) electrons. The first kappa shape index (κ1) is 13.9. The molecular formula is C17H18N6. The van der Waals surface area contributed by atoms with Gasteiger partial charge in [0.15, 0.2) is 0 Å². The fourth-order valence-electron chi connectivity index (χ4n) is 2.82. The predicted octanol–water partition coefficient (Wildman–Crippen LogP) is 3.03. The minimum absolute atomic E-state index is 0.278. The van der Waals surface area contributed by atoms with Crippen LogP contribution in [0.2, 0.25) is 0 Å². The summed E-state index contributed by atoms with van der Waals surface area (Å²) in [6.07, 6.45) is 7.79. The number of nitrogens with one attached hydrogen (secondary N) is 3. The van der Waals surface area contributed by atoms with Gasteiger partial charge < -0.3 is 10.6 Å². The largest absolute Gasteiger partial charge is 0.340 e. The van der Waals surface area contributed by atoms with Crippen molar-refractivity contribution < 1.29 is 0 Å². The van der Waals surface area contributed by atoms with Crippen LogP contribution in [-0.2, 0) is 0 Å². The van der Waals surface area contributed by atoms with E-state index >= 15 is 0 Å². The van der Waals surface area contributed by atoms with E-state index in [0.29, 0.717) is 0 Å². The average Bonchev–Trinajstić information content (AvgIpc) is 3.30. The normalized spacial score (nSPS) is 17.3. The van der Waals surface area contributed by atoms with E-state index in [2.05, 4.69) is 42.9 Å².